The van der Waals surface area contributed by atoms with Gasteiger partial charge in [-0.25, -0.2) is 8.42 Å². The lowest BCUT2D eigenvalue weighted by Crippen LogP contribution is -2.33. The molecule has 2 heterocycles. The Bertz CT molecular complexity index is 1810. The van der Waals surface area contributed by atoms with E-state index in [1.165, 1.54) is 19.3 Å². The zero-order valence-electron chi connectivity index (χ0n) is 22.9. The Labute approximate surface area is 245 Å². The number of hydrogen-bond donors (Lipinski definition) is 0. The maximum absolute atomic E-state index is 14.3. The van der Waals surface area contributed by atoms with Crippen molar-refractivity contribution in [3.05, 3.63) is 89.4 Å². The molecule has 4 aromatic carbocycles. The van der Waals surface area contributed by atoms with E-state index in [9.17, 15) is 8.42 Å². The predicted octanol–water partition coefficient (Wildman–Crippen LogP) is 6.60. The Morgan fingerprint density at radius 1 is 0.902 bits per heavy atom. The van der Waals surface area contributed by atoms with Crippen LogP contribution in [0, 0.1) is 0 Å². The zero-order valence-corrected chi connectivity index (χ0v) is 24.5. The quantitative estimate of drug-likeness (QED) is 0.193. The smallest absolute Gasteiger partial charge is 0.226 e. The molecule has 0 radical (unpaired) electrons. The van der Waals surface area contributed by atoms with Crippen LogP contribution in [0.25, 0.3) is 21.7 Å². The molecule has 1 aliphatic heterocycles. The van der Waals surface area contributed by atoms with Crippen LogP contribution in [0.3, 0.4) is 0 Å². The largest absolute Gasteiger partial charge is 0.497 e. The highest BCUT2D eigenvalue weighted by Gasteiger charge is 2.29. The highest BCUT2D eigenvalue weighted by Crippen LogP contribution is 2.38. The fourth-order valence-corrected chi connectivity index (χ4v) is 7.38. The van der Waals surface area contributed by atoms with Crippen molar-refractivity contribution in [2.75, 3.05) is 33.4 Å². The van der Waals surface area contributed by atoms with Crippen molar-refractivity contribution in [1.29, 1.82) is 0 Å². The Morgan fingerprint density at radius 2 is 1.68 bits per heavy atom. The average molecular weight is 590 g/mol. The number of hydrogen-bond acceptors (Lipinski definition) is 6. The topological polar surface area (TPSA) is 73.7 Å². The standard InChI is InChI=1S/C32H32ClN3O4S/c1-39-26-20-28-31(29(21-26)40-18-17-35-15-5-2-6-16-35)36(22-23-9-7-12-25(33)19-23)34-32(28)41(37,38)30-14-8-11-24-10-3-4-13-27(24)30/h3-4,7-14,19-21H,2,5-6,15-18,22H2,1H3. The summed E-state index contributed by atoms with van der Waals surface area (Å²) in [7, 11) is -2.47. The van der Waals surface area contributed by atoms with Gasteiger partial charge in [0.1, 0.15) is 23.6 Å². The van der Waals surface area contributed by atoms with Gasteiger partial charge >= 0.3 is 0 Å². The van der Waals surface area contributed by atoms with Gasteiger partial charge < -0.3 is 9.47 Å². The van der Waals surface area contributed by atoms with Crippen molar-refractivity contribution in [3.8, 4) is 11.5 Å². The van der Waals surface area contributed by atoms with Gasteiger partial charge in [-0.1, -0.05) is 66.6 Å². The van der Waals surface area contributed by atoms with Crippen LogP contribution in [0.5, 0.6) is 11.5 Å². The number of piperidine rings is 1. The average Bonchev–Trinajstić information content (AvgIpc) is 3.36. The molecule has 0 bridgehead atoms. The molecule has 0 unspecified atom stereocenters. The van der Waals surface area contributed by atoms with Gasteiger partial charge in [-0.15, -0.1) is 0 Å². The summed E-state index contributed by atoms with van der Waals surface area (Å²) >= 11 is 6.28. The number of ether oxygens (including phenoxy) is 2. The zero-order chi connectivity index (χ0) is 28.4. The molecule has 0 amide bonds. The van der Waals surface area contributed by atoms with Crippen LogP contribution in [0.4, 0.5) is 0 Å². The number of likely N-dealkylation sites (tertiary alicyclic amines) is 1. The summed E-state index contributed by atoms with van der Waals surface area (Å²) in [6, 6.07) is 23.8. The molecule has 0 aliphatic carbocycles. The van der Waals surface area contributed by atoms with Crippen LogP contribution in [-0.4, -0.2) is 56.4 Å². The first kappa shape index (κ1) is 27.6. The minimum atomic E-state index is -4.03. The lowest BCUT2D eigenvalue weighted by atomic mass is 10.1. The molecule has 9 heteroatoms. The van der Waals surface area contributed by atoms with E-state index in [-0.39, 0.29) is 9.92 Å². The van der Waals surface area contributed by atoms with Crippen molar-refractivity contribution in [1.82, 2.24) is 14.7 Å². The molecule has 212 valence electrons. The van der Waals surface area contributed by atoms with E-state index in [1.807, 2.05) is 60.7 Å². The van der Waals surface area contributed by atoms with Crippen LogP contribution in [0.2, 0.25) is 5.02 Å². The molecule has 1 aromatic heterocycles. The van der Waals surface area contributed by atoms with E-state index in [4.69, 9.17) is 26.2 Å². The molecule has 0 saturated carbocycles. The second kappa shape index (κ2) is 11.7. The predicted molar refractivity (Wildman–Crippen MR) is 162 cm³/mol. The molecule has 0 atom stereocenters. The molecule has 0 N–H and O–H groups in total. The van der Waals surface area contributed by atoms with Gasteiger partial charge in [-0.05, 0) is 61.1 Å². The lowest BCUT2D eigenvalue weighted by Gasteiger charge is -2.26. The summed E-state index contributed by atoms with van der Waals surface area (Å²) in [6.07, 6.45) is 3.67. The Balaban J connectivity index is 1.49. The first-order chi connectivity index (χ1) is 19.9. The monoisotopic (exact) mass is 589 g/mol. The molecule has 1 fully saturated rings. The third kappa shape index (κ3) is 5.64. The third-order valence-electron chi connectivity index (χ3n) is 7.61. The van der Waals surface area contributed by atoms with Gasteiger partial charge in [0.25, 0.3) is 0 Å². The summed E-state index contributed by atoms with van der Waals surface area (Å²) < 4.78 is 42.3. The number of halogens is 1. The van der Waals surface area contributed by atoms with Crippen molar-refractivity contribution in [2.24, 2.45) is 0 Å². The normalized spacial score (nSPS) is 14.5. The number of aromatic nitrogens is 2. The molecule has 41 heavy (non-hydrogen) atoms. The van der Waals surface area contributed by atoms with Gasteiger partial charge in [-0.3, -0.25) is 9.58 Å². The van der Waals surface area contributed by atoms with E-state index in [2.05, 4.69) is 4.90 Å². The van der Waals surface area contributed by atoms with Crippen molar-refractivity contribution < 1.29 is 17.9 Å². The van der Waals surface area contributed by atoms with Crippen molar-refractivity contribution in [2.45, 2.75) is 35.7 Å². The lowest BCUT2D eigenvalue weighted by molar-refractivity contribution is 0.184. The second-order valence-electron chi connectivity index (χ2n) is 10.3. The number of nitrogens with zero attached hydrogens (tertiary/aromatic N) is 3. The number of benzene rings is 4. The Kier molecular flexibility index (Phi) is 7.88. The SMILES string of the molecule is COc1cc(OCCN2CCCCC2)c2c(c1)c(S(=O)(=O)c1cccc3ccccc13)nn2Cc1cccc(Cl)c1. The highest BCUT2D eigenvalue weighted by molar-refractivity contribution is 7.91. The van der Waals surface area contributed by atoms with Crippen LogP contribution >= 0.6 is 11.6 Å². The number of rotatable bonds is 9. The Hall–Kier alpha value is -3.59. The summed E-state index contributed by atoms with van der Waals surface area (Å²) in [5, 5.41) is 7.25. The number of sulfone groups is 1. The van der Waals surface area contributed by atoms with Crippen LogP contribution < -0.4 is 9.47 Å². The molecule has 1 aliphatic rings. The van der Waals surface area contributed by atoms with Crippen molar-refractivity contribution >= 4 is 43.1 Å². The van der Waals surface area contributed by atoms with Gasteiger partial charge in [0.2, 0.25) is 9.84 Å². The molecule has 1 saturated heterocycles. The van der Waals surface area contributed by atoms with E-state index in [1.54, 1.807) is 30.0 Å². The first-order valence-corrected chi connectivity index (χ1v) is 15.7. The van der Waals surface area contributed by atoms with Crippen molar-refractivity contribution in [3.63, 3.8) is 0 Å². The van der Waals surface area contributed by atoms with E-state index in [0.29, 0.717) is 46.0 Å². The molecule has 7 nitrogen and oxygen atoms in total. The summed E-state index contributed by atoms with van der Waals surface area (Å²) in [6.45, 7) is 3.71. The molecular formula is C32H32ClN3O4S. The number of methoxy groups -OCH3 is 1. The Morgan fingerprint density at radius 3 is 2.49 bits per heavy atom. The van der Waals surface area contributed by atoms with Crippen LogP contribution in [0.1, 0.15) is 24.8 Å². The first-order valence-electron chi connectivity index (χ1n) is 13.8. The maximum Gasteiger partial charge on any atom is 0.226 e. The van der Waals surface area contributed by atoms with Gasteiger partial charge in [0, 0.05) is 28.4 Å². The fourth-order valence-electron chi connectivity index (χ4n) is 5.58. The van der Waals surface area contributed by atoms with Crippen LogP contribution in [-0.2, 0) is 16.4 Å². The molecule has 5 aromatic rings. The van der Waals surface area contributed by atoms with Gasteiger partial charge in [-0.2, -0.15) is 5.10 Å². The van der Waals surface area contributed by atoms with E-state index < -0.39 is 9.84 Å². The molecule has 6 rings (SSSR count). The minimum Gasteiger partial charge on any atom is -0.497 e. The fraction of sp³-hybridized carbons (Fsp3) is 0.281. The maximum atomic E-state index is 14.3. The molecule has 0 spiro atoms. The minimum absolute atomic E-state index is 0.0364. The molecular weight excluding hydrogens is 558 g/mol. The van der Waals surface area contributed by atoms with E-state index in [0.717, 1.165) is 30.6 Å². The highest BCUT2D eigenvalue weighted by atomic mass is 35.5. The summed E-state index contributed by atoms with van der Waals surface area (Å²) in [5.41, 5.74) is 1.49. The van der Waals surface area contributed by atoms with Gasteiger partial charge in [0.05, 0.1) is 18.6 Å². The van der Waals surface area contributed by atoms with Crippen LogP contribution in [0.15, 0.2) is 88.8 Å². The van der Waals surface area contributed by atoms with E-state index >= 15 is 0 Å². The summed E-state index contributed by atoms with van der Waals surface area (Å²) in [4.78, 5) is 2.61. The number of fused-ring (bicyclic) bond motifs is 2. The second-order valence-corrected chi connectivity index (χ2v) is 12.6. The third-order valence-corrected chi connectivity index (χ3v) is 9.59. The van der Waals surface area contributed by atoms with Gasteiger partial charge in [0.15, 0.2) is 5.03 Å². The summed E-state index contributed by atoms with van der Waals surface area (Å²) in [5.74, 6) is 1.03.